The minimum atomic E-state index is -1.43. The van der Waals surface area contributed by atoms with Gasteiger partial charge in [0, 0.05) is 36.9 Å². The normalized spacial score (nSPS) is 13.9. The van der Waals surface area contributed by atoms with Crippen molar-refractivity contribution in [1.82, 2.24) is 19.7 Å². The molecule has 0 atom stereocenters. The van der Waals surface area contributed by atoms with Crippen molar-refractivity contribution in [3.05, 3.63) is 63.0 Å². The van der Waals surface area contributed by atoms with Gasteiger partial charge in [-0.2, -0.15) is 0 Å². The lowest BCUT2D eigenvalue weighted by atomic mass is 9.92. The molecule has 4 aromatic heterocycles. The highest BCUT2D eigenvalue weighted by atomic mass is 32.1. The third-order valence-electron chi connectivity index (χ3n) is 5.43. The molecule has 1 N–H and O–H groups in total. The van der Waals surface area contributed by atoms with Crippen LogP contribution in [-0.4, -0.2) is 49.6 Å². The highest BCUT2D eigenvalue weighted by Crippen LogP contribution is 2.29. The number of carbonyl (C=O) groups excluding carboxylic acids is 1. The van der Waals surface area contributed by atoms with Gasteiger partial charge in [-0.1, -0.05) is 5.16 Å². The molecule has 1 aliphatic rings. The molecule has 33 heavy (non-hydrogen) atoms. The monoisotopic (exact) mass is 469 g/mol. The number of rotatable bonds is 6. The second-order valence-electron chi connectivity index (χ2n) is 7.71. The molecular weight excluding hydrogens is 453 g/mol. The molecule has 1 fully saturated rings. The molecule has 1 saturated heterocycles. The summed E-state index contributed by atoms with van der Waals surface area (Å²) in [7, 11) is 0. The number of pyridine rings is 2. The number of nitrogens with zero attached hydrogens (tertiary/aromatic N) is 5. The van der Waals surface area contributed by atoms with Crippen LogP contribution < -0.4 is 10.3 Å². The maximum absolute atomic E-state index is 14.9. The van der Waals surface area contributed by atoms with E-state index in [9.17, 15) is 23.9 Å². The zero-order valence-corrected chi connectivity index (χ0v) is 18.0. The summed E-state index contributed by atoms with van der Waals surface area (Å²) in [6, 6.07) is 2.69. The van der Waals surface area contributed by atoms with E-state index in [2.05, 4.69) is 15.1 Å². The van der Waals surface area contributed by atoms with Crippen molar-refractivity contribution in [2.45, 2.75) is 13.3 Å². The van der Waals surface area contributed by atoms with Crippen LogP contribution in [0.15, 0.2) is 39.2 Å². The van der Waals surface area contributed by atoms with Crippen molar-refractivity contribution in [1.29, 1.82) is 0 Å². The fraction of sp³-hybridized carbons (Fsp3) is 0.238. The molecule has 0 aliphatic carbocycles. The van der Waals surface area contributed by atoms with Gasteiger partial charge in [0.25, 0.3) is 0 Å². The summed E-state index contributed by atoms with van der Waals surface area (Å²) in [6.45, 7) is 2.29. The van der Waals surface area contributed by atoms with Gasteiger partial charge >= 0.3 is 5.97 Å². The Morgan fingerprint density at radius 3 is 2.76 bits per heavy atom. The average Bonchev–Trinajstić information content (AvgIpc) is 3.40. The Balaban J connectivity index is 1.48. The molecule has 10 nitrogen and oxygen atoms in total. The van der Waals surface area contributed by atoms with Gasteiger partial charge in [0.1, 0.15) is 17.1 Å². The van der Waals surface area contributed by atoms with Gasteiger partial charge in [-0.3, -0.25) is 14.2 Å². The fourth-order valence-electron chi connectivity index (χ4n) is 3.74. The van der Waals surface area contributed by atoms with Crippen molar-refractivity contribution >= 4 is 39.9 Å². The standard InChI is InChI=1S/C21H16FN5O5S/c1-10-4-12(32-25-10)5-16(28)11-7-26(8-11)19-15(22)6-13-17(29)14(20(30)31)9-27(18(13)24-19)21-23-2-3-33-21/h2-4,6,9,11H,5,7-8H2,1H3,(H,30,31). The molecular formula is C21H16FN5O5S. The van der Waals surface area contributed by atoms with Crippen LogP contribution in [-0.2, 0) is 11.2 Å². The quantitative estimate of drug-likeness (QED) is 0.451. The van der Waals surface area contributed by atoms with Crippen LogP contribution >= 0.6 is 11.3 Å². The third kappa shape index (κ3) is 3.67. The maximum atomic E-state index is 14.9. The highest BCUT2D eigenvalue weighted by Gasteiger charge is 2.35. The van der Waals surface area contributed by atoms with Crippen molar-refractivity contribution in [3.63, 3.8) is 0 Å². The first-order valence-corrected chi connectivity index (χ1v) is 10.8. The second-order valence-corrected chi connectivity index (χ2v) is 8.58. The van der Waals surface area contributed by atoms with Crippen LogP contribution in [0.4, 0.5) is 10.2 Å². The Labute approximate surface area is 188 Å². The zero-order valence-electron chi connectivity index (χ0n) is 17.2. The summed E-state index contributed by atoms with van der Waals surface area (Å²) in [5, 5.41) is 15.1. The molecule has 0 radical (unpaired) electrons. The van der Waals surface area contributed by atoms with E-state index in [0.717, 1.165) is 12.3 Å². The van der Waals surface area contributed by atoms with Gasteiger partial charge in [-0.05, 0) is 13.0 Å². The van der Waals surface area contributed by atoms with E-state index >= 15 is 0 Å². The smallest absolute Gasteiger partial charge is 0.341 e. The van der Waals surface area contributed by atoms with Crippen LogP contribution in [0.3, 0.4) is 0 Å². The number of ketones is 1. The molecule has 0 amide bonds. The molecule has 4 aromatic rings. The lowest BCUT2D eigenvalue weighted by Gasteiger charge is -2.39. The number of thiazole rings is 1. The first-order valence-electron chi connectivity index (χ1n) is 9.90. The molecule has 0 saturated carbocycles. The van der Waals surface area contributed by atoms with Crippen molar-refractivity contribution < 1.29 is 23.6 Å². The van der Waals surface area contributed by atoms with Gasteiger partial charge < -0.3 is 14.5 Å². The predicted octanol–water partition coefficient (Wildman–Crippen LogP) is 2.22. The van der Waals surface area contributed by atoms with E-state index in [1.54, 1.807) is 23.3 Å². The Bertz CT molecular complexity index is 1460. The third-order valence-corrected chi connectivity index (χ3v) is 6.20. The SMILES string of the molecule is Cc1cc(CC(=O)C2CN(c3nc4c(cc3F)c(=O)c(C(=O)O)cn4-c3nccs3)C2)on1. The van der Waals surface area contributed by atoms with Gasteiger partial charge in [0.15, 0.2) is 22.4 Å². The van der Waals surface area contributed by atoms with Crippen LogP contribution in [0.1, 0.15) is 21.8 Å². The number of aromatic nitrogens is 4. The van der Waals surface area contributed by atoms with Crippen LogP contribution in [0.5, 0.6) is 0 Å². The topological polar surface area (TPSA) is 131 Å². The number of halogens is 1. The molecule has 0 unspecified atom stereocenters. The number of aromatic carboxylic acids is 1. The summed E-state index contributed by atoms with van der Waals surface area (Å²) < 4.78 is 21.4. The van der Waals surface area contributed by atoms with Gasteiger partial charge in [0.05, 0.1) is 23.4 Å². The number of hydrogen-bond acceptors (Lipinski definition) is 9. The number of carbonyl (C=O) groups is 2. The number of fused-ring (bicyclic) bond motifs is 1. The summed E-state index contributed by atoms with van der Waals surface area (Å²) in [5.74, 6) is -2.10. The molecule has 168 valence electrons. The molecule has 0 aromatic carbocycles. The average molecular weight is 469 g/mol. The maximum Gasteiger partial charge on any atom is 0.341 e. The minimum absolute atomic E-state index is 0.0187. The predicted molar refractivity (Wildman–Crippen MR) is 116 cm³/mol. The summed E-state index contributed by atoms with van der Waals surface area (Å²) in [5.41, 5.74) is -0.567. The largest absolute Gasteiger partial charge is 0.477 e. The number of carboxylic acid groups (broad SMARTS) is 1. The number of Topliss-reactive ketones (excluding diaryl/α,β-unsaturated/α-hetero) is 1. The fourth-order valence-corrected chi connectivity index (χ4v) is 4.36. The van der Waals surface area contributed by atoms with Gasteiger partial charge in [0.2, 0.25) is 5.43 Å². The van der Waals surface area contributed by atoms with E-state index in [1.807, 2.05) is 0 Å². The number of aryl methyl sites for hydroxylation is 1. The van der Waals surface area contributed by atoms with E-state index in [0.29, 0.717) is 16.6 Å². The molecule has 12 heteroatoms. The molecule has 0 spiro atoms. The highest BCUT2D eigenvalue weighted by molar-refractivity contribution is 7.12. The Kier molecular flexibility index (Phi) is 5.01. The minimum Gasteiger partial charge on any atom is -0.477 e. The lowest BCUT2D eigenvalue weighted by Crippen LogP contribution is -2.51. The van der Waals surface area contributed by atoms with Crippen molar-refractivity contribution in [2.24, 2.45) is 5.92 Å². The van der Waals surface area contributed by atoms with Crippen LogP contribution in [0.2, 0.25) is 0 Å². The number of hydrogen-bond donors (Lipinski definition) is 1. The van der Waals surface area contributed by atoms with Gasteiger partial charge in [-0.15, -0.1) is 11.3 Å². The molecule has 1 aliphatic heterocycles. The Morgan fingerprint density at radius 1 is 1.33 bits per heavy atom. The van der Waals surface area contributed by atoms with Gasteiger partial charge in [-0.25, -0.2) is 19.2 Å². The molecule has 0 bridgehead atoms. The lowest BCUT2D eigenvalue weighted by molar-refractivity contribution is -0.123. The zero-order chi connectivity index (χ0) is 23.3. The molecule has 5 heterocycles. The summed E-state index contributed by atoms with van der Waals surface area (Å²) >= 11 is 1.21. The van der Waals surface area contributed by atoms with Crippen LogP contribution in [0, 0.1) is 18.7 Å². The van der Waals surface area contributed by atoms with E-state index < -0.39 is 22.8 Å². The Morgan fingerprint density at radius 2 is 2.12 bits per heavy atom. The van der Waals surface area contributed by atoms with Crippen LogP contribution in [0.25, 0.3) is 16.2 Å². The van der Waals surface area contributed by atoms with E-state index in [4.69, 9.17) is 4.52 Å². The first-order chi connectivity index (χ1) is 15.8. The van der Waals surface area contributed by atoms with Crippen molar-refractivity contribution in [3.8, 4) is 5.13 Å². The van der Waals surface area contributed by atoms with E-state index in [-0.39, 0.29) is 48.1 Å². The Hall–Kier alpha value is -3.93. The molecule has 5 rings (SSSR count). The number of anilines is 1. The second kappa shape index (κ2) is 7.89. The number of carboxylic acids is 1. The summed E-state index contributed by atoms with van der Waals surface area (Å²) in [4.78, 5) is 46.8. The van der Waals surface area contributed by atoms with E-state index in [1.165, 1.54) is 22.1 Å². The van der Waals surface area contributed by atoms with Crippen molar-refractivity contribution in [2.75, 3.05) is 18.0 Å². The first kappa shape index (κ1) is 20.9. The summed E-state index contributed by atoms with van der Waals surface area (Å²) in [6.07, 6.45) is 2.77.